The summed E-state index contributed by atoms with van der Waals surface area (Å²) in [5.41, 5.74) is 2.85. The molecule has 0 unspecified atom stereocenters. The van der Waals surface area contributed by atoms with Crippen LogP contribution in [0.15, 0.2) is 109 Å². The Bertz CT molecular complexity index is 1100. The highest BCUT2D eigenvalue weighted by Gasteiger charge is 2.16. The van der Waals surface area contributed by atoms with Gasteiger partial charge in [-0.25, -0.2) is 0 Å². The van der Waals surface area contributed by atoms with Gasteiger partial charge in [-0.05, 0) is 44.8 Å². The third-order valence-electron chi connectivity index (χ3n) is 5.03. The highest BCUT2D eigenvalue weighted by Crippen LogP contribution is 2.22. The zero-order chi connectivity index (χ0) is 18.1. The van der Waals surface area contributed by atoms with Gasteiger partial charge in [0.1, 0.15) is 9.52 Å². The summed E-state index contributed by atoms with van der Waals surface area (Å²) in [5, 5.41) is 8.22. The maximum atomic E-state index is 2.24. The van der Waals surface area contributed by atoms with Gasteiger partial charge in [-0.1, -0.05) is 107 Å². The molecular weight excluding hydrogens is 340 g/mol. The molecule has 27 heavy (non-hydrogen) atoms. The van der Waals surface area contributed by atoms with E-state index in [1.54, 1.807) is 0 Å². The molecule has 0 bridgehead atoms. The van der Waals surface area contributed by atoms with Gasteiger partial charge < -0.3 is 0 Å². The zero-order valence-electron chi connectivity index (χ0n) is 14.9. The van der Waals surface area contributed by atoms with Crippen molar-refractivity contribution in [1.82, 2.24) is 0 Å². The number of hydrogen-bond acceptors (Lipinski definition) is 0. The summed E-state index contributed by atoms with van der Waals surface area (Å²) in [6.07, 6.45) is 0. The van der Waals surface area contributed by atoms with Crippen LogP contribution in [0.3, 0.4) is 0 Å². The molecule has 0 atom stereocenters. The molecule has 1 aliphatic rings. The first-order valence-electron chi connectivity index (χ1n) is 9.21. The predicted molar refractivity (Wildman–Crippen MR) is 118 cm³/mol. The molecule has 5 aromatic rings. The van der Waals surface area contributed by atoms with E-state index in [9.17, 15) is 0 Å². The average Bonchev–Trinajstić information content (AvgIpc) is 3.11. The maximum absolute atomic E-state index is 2.24. The van der Waals surface area contributed by atoms with Crippen molar-refractivity contribution < 1.29 is 0 Å². The van der Waals surface area contributed by atoms with Crippen LogP contribution in [0.1, 0.15) is 0 Å². The summed E-state index contributed by atoms with van der Waals surface area (Å²) in [6.45, 7) is 0. The number of hydrogen-bond donors (Lipinski definition) is 0. The zero-order valence-corrected chi connectivity index (χ0v) is 15.9. The van der Waals surface area contributed by atoms with Gasteiger partial charge in [-0.2, -0.15) is 0 Å². The normalized spacial score (nSPS) is 11.6. The van der Waals surface area contributed by atoms with Crippen LogP contribution >= 0.6 is 0 Å². The van der Waals surface area contributed by atoms with E-state index in [1.165, 1.54) is 43.0 Å². The quantitative estimate of drug-likeness (QED) is 0.255. The fourth-order valence-corrected chi connectivity index (χ4v) is 5.04. The summed E-state index contributed by atoms with van der Waals surface area (Å²) in [4.78, 5) is 0. The van der Waals surface area contributed by atoms with Crippen LogP contribution in [0.4, 0.5) is 0 Å². The van der Waals surface area contributed by atoms with Crippen LogP contribution in [-0.2, 0) is 0 Å². The van der Waals surface area contributed by atoms with Crippen molar-refractivity contribution in [3.05, 3.63) is 109 Å². The second-order valence-corrected chi connectivity index (χ2v) is 8.09. The Hall–Kier alpha value is -3.16. The second-order valence-electron chi connectivity index (χ2n) is 6.76. The number of rotatable bonds is 0. The molecule has 0 saturated heterocycles. The van der Waals surface area contributed by atoms with Crippen LogP contribution in [0, 0.1) is 0 Å². The van der Waals surface area contributed by atoms with Crippen molar-refractivity contribution in [1.29, 1.82) is 0 Å². The Balaban J connectivity index is 0.000000119. The molecule has 0 nitrogen and oxygen atoms in total. The van der Waals surface area contributed by atoms with Gasteiger partial charge >= 0.3 is 0 Å². The average molecular weight is 359 g/mol. The van der Waals surface area contributed by atoms with Crippen molar-refractivity contribution in [3.63, 3.8) is 0 Å². The minimum absolute atomic E-state index is 0.851. The molecule has 1 aliphatic heterocycles. The first-order chi connectivity index (χ1) is 13.4. The Morgan fingerprint density at radius 1 is 0.370 bits per heavy atom. The van der Waals surface area contributed by atoms with E-state index in [4.69, 9.17) is 0 Å². The van der Waals surface area contributed by atoms with E-state index in [1.807, 2.05) is 0 Å². The monoisotopic (exact) mass is 358 g/mol. The first kappa shape index (κ1) is 16.0. The number of benzene rings is 5. The smallest absolute Gasteiger partial charge is 0.0625 e. The third-order valence-corrected chi connectivity index (χ3v) is 6.44. The van der Waals surface area contributed by atoms with E-state index in [-0.39, 0.29) is 0 Å². The lowest BCUT2D eigenvalue weighted by Gasteiger charge is -2.00. The summed E-state index contributed by atoms with van der Waals surface area (Å²) in [6, 6.07) is 38.8. The van der Waals surface area contributed by atoms with Crippen molar-refractivity contribution in [2.24, 2.45) is 0 Å². The molecule has 0 fully saturated rings. The summed E-state index contributed by atoms with van der Waals surface area (Å²) >= 11 is 0. The van der Waals surface area contributed by atoms with Crippen LogP contribution in [0.5, 0.6) is 0 Å². The van der Waals surface area contributed by atoms with Crippen LogP contribution in [0.2, 0.25) is 0 Å². The standard InChI is InChI=1S/C14H10.C12H8Si/c1-2-6-12-10-14-8-4-3-7-13(14)9-11(12)5-1;1-3-7-11-9(5-1)10-6-2-4-8-12(10)13-11/h1-10H;1-8H. The molecule has 1 heterocycles. The highest BCUT2D eigenvalue weighted by atomic mass is 28.2. The Labute approximate surface area is 161 Å². The molecule has 0 N–H and O–H groups in total. The SMILES string of the molecule is c1ccc2c(c1)[Si]c1ccccc1-2.c1ccc2cc3ccccc3cc2c1. The molecule has 1 heteroatoms. The molecule has 6 rings (SSSR count). The van der Waals surface area contributed by atoms with E-state index in [0.717, 1.165) is 9.52 Å². The molecule has 0 aliphatic carbocycles. The topological polar surface area (TPSA) is 0 Å². The molecule has 0 aromatic heterocycles. The van der Waals surface area contributed by atoms with Gasteiger partial charge in [0.25, 0.3) is 0 Å². The van der Waals surface area contributed by atoms with E-state index < -0.39 is 0 Å². The largest absolute Gasteiger partial charge is 0.123 e. The van der Waals surface area contributed by atoms with Crippen molar-refractivity contribution >= 4 is 41.4 Å². The minimum atomic E-state index is 0.851. The first-order valence-corrected chi connectivity index (χ1v) is 10.2. The lowest BCUT2D eigenvalue weighted by molar-refractivity contribution is 1.71. The number of fused-ring (bicyclic) bond motifs is 5. The second kappa shape index (κ2) is 6.86. The molecular formula is C26H18Si. The van der Waals surface area contributed by atoms with Crippen molar-refractivity contribution in [2.75, 3.05) is 0 Å². The Kier molecular flexibility index (Phi) is 4.08. The fourth-order valence-electron chi connectivity index (χ4n) is 3.68. The molecule has 0 saturated carbocycles. The van der Waals surface area contributed by atoms with Gasteiger partial charge in [0.15, 0.2) is 0 Å². The summed E-state index contributed by atoms with van der Waals surface area (Å²) in [7, 11) is 0.851. The molecule has 0 amide bonds. The highest BCUT2D eigenvalue weighted by molar-refractivity contribution is 6.73. The van der Waals surface area contributed by atoms with Gasteiger partial charge in [0.05, 0.1) is 0 Å². The van der Waals surface area contributed by atoms with E-state index >= 15 is 0 Å². The van der Waals surface area contributed by atoms with Crippen LogP contribution < -0.4 is 10.4 Å². The van der Waals surface area contributed by atoms with Gasteiger partial charge in [0.2, 0.25) is 0 Å². The van der Waals surface area contributed by atoms with Crippen molar-refractivity contribution in [3.8, 4) is 11.1 Å². The van der Waals surface area contributed by atoms with Crippen molar-refractivity contribution in [2.45, 2.75) is 0 Å². The maximum Gasteiger partial charge on any atom is 0.123 e. The Morgan fingerprint density at radius 3 is 1.11 bits per heavy atom. The van der Waals surface area contributed by atoms with E-state index in [2.05, 4.69) is 109 Å². The molecule has 5 aromatic carbocycles. The minimum Gasteiger partial charge on any atom is -0.0625 e. The lowest BCUT2D eigenvalue weighted by Crippen LogP contribution is -2.20. The Morgan fingerprint density at radius 2 is 0.704 bits per heavy atom. The summed E-state index contributed by atoms with van der Waals surface area (Å²) in [5.74, 6) is 0. The van der Waals surface area contributed by atoms with Gasteiger partial charge in [-0.15, -0.1) is 0 Å². The fraction of sp³-hybridized carbons (Fsp3) is 0. The lowest BCUT2D eigenvalue weighted by atomic mass is 10.0. The van der Waals surface area contributed by atoms with E-state index in [0.29, 0.717) is 0 Å². The molecule has 126 valence electrons. The third kappa shape index (κ3) is 3.07. The van der Waals surface area contributed by atoms with Gasteiger partial charge in [0, 0.05) is 0 Å². The molecule has 0 spiro atoms. The predicted octanol–water partition coefficient (Wildman–Crippen LogP) is 5.32. The summed E-state index contributed by atoms with van der Waals surface area (Å²) < 4.78 is 0. The van der Waals surface area contributed by atoms with Crippen LogP contribution in [-0.4, -0.2) is 9.52 Å². The molecule has 2 radical (unpaired) electrons. The van der Waals surface area contributed by atoms with Crippen LogP contribution in [0.25, 0.3) is 32.7 Å². The van der Waals surface area contributed by atoms with Gasteiger partial charge in [-0.3, -0.25) is 0 Å².